The summed E-state index contributed by atoms with van der Waals surface area (Å²) in [6, 6.07) is 35.0. The van der Waals surface area contributed by atoms with Gasteiger partial charge in [0.1, 0.15) is 5.69 Å². The summed E-state index contributed by atoms with van der Waals surface area (Å²) in [7, 11) is 2.19. The molecule has 2 nitrogen and oxygen atoms in total. The lowest BCUT2D eigenvalue weighted by Gasteiger charge is -2.09. The summed E-state index contributed by atoms with van der Waals surface area (Å²) in [5, 5.41) is 0. The molecule has 0 spiro atoms. The molecule has 2 heteroatoms. The SMILES string of the molecule is Cc1ccc(-c2ccccc2)cc1-c1n(-c2ccccc2)c2ccc(C(C)C)cc2[n+]1C. The van der Waals surface area contributed by atoms with Crippen LogP contribution in [-0.4, -0.2) is 4.57 Å². The van der Waals surface area contributed by atoms with Gasteiger partial charge in [-0.05, 0) is 65.4 Å². The van der Waals surface area contributed by atoms with Crippen LogP contribution in [0, 0.1) is 6.92 Å². The molecule has 5 aromatic rings. The molecule has 0 saturated heterocycles. The van der Waals surface area contributed by atoms with Crippen LogP contribution in [0.2, 0.25) is 0 Å². The minimum Gasteiger partial charge on any atom is -0.225 e. The third kappa shape index (κ3) is 3.42. The van der Waals surface area contributed by atoms with E-state index in [2.05, 4.69) is 134 Å². The van der Waals surface area contributed by atoms with E-state index in [1.54, 1.807) is 0 Å². The summed E-state index contributed by atoms with van der Waals surface area (Å²) in [5.74, 6) is 1.69. The molecule has 0 radical (unpaired) electrons. The highest BCUT2D eigenvalue weighted by Gasteiger charge is 2.27. The third-order valence-corrected chi connectivity index (χ3v) is 6.40. The van der Waals surface area contributed by atoms with Gasteiger partial charge in [0.2, 0.25) is 0 Å². The molecular weight excluding hydrogens is 388 g/mol. The van der Waals surface area contributed by atoms with Crippen LogP contribution >= 0.6 is 0 Å². The number of imidazole rings is 1. The average molecular weight is 418 g/mol. The van der Waals surface area contributed by atoms with Crippen molar-refractivity contribution in [2.75, 3.05) is 0 Å². The molecule has 0 N–H and O–H groups in total. The molecule has 0 amide bonds. The van der Waals surface area contributed by atoms with Gasteiger partial charge in [-0.1, -0.05) is 80.6 Å². The maximum Gasteiger partial charge on any atom is 0.295 e. The second kappa shape index (κ2) is 8.12. The molecule has 32 heavy (non-hydrogen) atoms. The largest absolute Gasteiger partial charge is 0.295 e. The first-order valence-electron chi connectivity index (χ1n) is 11.3. The van der Waals surface area contributed by atoms with Gasteiger partial charge in [0.15, 0.2) is 11.0 Å². The van der Waals surface area contributed by atoms with Crippen molar-refractivity contribution in [2.45, 2.75) is 26.7 Å². The molecule has 5 rings (SSSR count). The van der Waals surface area contributed by atoms with Crippen LogP contribution in [0.5, 0.6) is 0 Å². The van der Waals surface area contributed by atoms with E-state index in [0.29, 0.717) is 5.92 Å². The van der Waals surface area contributed by atoms with Gasteiger partial charge in [0, 0.05) is 0 Å². The summed E-state index contributed by atoms with van der Waals surface area (Å²) in [6.07, 6.45) is 0. The Balaban J connectivity index is 1.84. The van der Waals surface area contributed by atoms with Crippen molar-refractivity contribution in [1.29, 1.82) is 0 Å². The number of hydrogen-bond acceptors (Lipinski definition) is 0. The van der Waals surface area contributed by atoms with Crippen molar-refractivity contribution in [3.63, 3.8) is 0 Å². The Morgan fingerprint density at radius 1 is 0.719 bits per heavy atom. The minimum absolute atomic E-state index is 0.492. The Bertz CT molecular complexity index is 1390. The van der Waals surface area contributed by atoms with E-state index in [1.807, 2.05) is 0 Å². The fourth-order valence-electron chi connectivity index (χ4n) is 4.55. The Hall–Kier alpha value is -3.65. The molecule has 0 fully saturated rings. The zero-order valence-corrected chi connectivity index (χ0v) is 19.2. The fraction of sp³-hybridized carbons (Fsp3) is 0.167. The molecule has 0 aliphatic rings. The van der Waals surface area contributed by atoms with Crippen LogP contribution in [0.3, 0.4) is 0 Å². The van der Waals surface area contributed by atoms with Crippen LogP contribution in [0.4, 0.5) is 0 Å². The molecule has 4 aromatic carbocycles. The highest BCUT2D eigenvalue weighted by molar-refractivity contribution is 5.81. The van der Waals surface area contributed by atoms with E-state index in [4.69, 9.17) is 0 Å². The molecule has 0 atom stereocenters. The van der Waals surface area contributed by atoms with Crippen LogP contribution in [0.15, 0.2) is 97.1 Å². The molecular formula is C30H29N2+. The molecule has 0 aliphatic carbocycles. The first-order valence-corrected chi connectivity index (χ1v) is 11.3. The van der Waals surface area contributed by atoms with Gasteiger partial charge < -0.3 is 0 Å². The molecule has 0 aliphatic heterocycles. The molecule has 0 saturated carbocycles. The smallest absolute Gasteiger partial charge is 0.225 e. The molecule has 0 unspecified atom stereocenters. The normalized spacial score (nSPS) is 11.4. The quantitative estimate of drug-likeness (QED) is 0.273. The van der Waals surface area contributed by atoms with E-state index in [-0.39, 0.29) is 0 Å². The zero-order valence-electron chi connectivity index (χ0n) is 19.2. The van der Waals surface area contributed by atoms with Crippen LogP contribution in [-0.2, 0) is 7.05 Å². The summed E-state index contributed by atoms with van der Waals surface area (Å²) >= 11 is 0. The summed E-state index contributed by atoms with van der Waals surface area (Å²) < 4.78 is 4.75. The number of aromatic nitrogens is 2. The lowest BCUT2D eigenvalue weighted by molar-refractivity contribution is -0.633. The second-order valence-electron chi connectivity index (χ2n) is 8.85. The highest BCUT2D eigenvalue weighted by atomic mass is 15.2. The van der Waals surface area contributed by atoms with E-state index in [9.17, 15) is 0 Å². The predicted octanol–water partition coefficient (Wildman–Crippen LogP) is 7.22. The zero-order chi connectivity index (χ0) is 22.2. The van der Waals surface area contributed by atoms with Gasteiger partial charge in [-0.2, -0.15) is 4.57 Å². The maximum absolute atomic E-state index is 2.40. The van der Waals surface area contributed by atoms with Crippen molar-refractivity contribution in [3.05, 3.63) is 108 Å². The molecule has 158 valence electrons. The summed E-state index contributed by atoms with van der Waals surface area (Å²) in [6.45, 7) is 6.71. The number of para-hydroxylation sites is 1. The number of rotatable bonds is 4. The lowest BCUT2D eigenvalue weighted by atomic mass is 9.99. The summed E-state index contributed by atoms with van der Waals surface area (Å²) in [5.41, 5.74) is 10.0. The molecule has 0 bridgehead atoms. The van der Waals surface area contributed by atoms with E-state index >= 15 is 0 Å². The minimum atomic E-state index is 0.492. The Labute approximate surface area is 190 Å². The third-order valence-electron chi connectivity index (χ3n) is 6.40. The van der Waals surface area contributed by atoms with E-state index < -0.39 is 0 Å². The van der Waals surface area contributed by atoms with E-state index in [0.717, 1.165) is 0 Å². The topological polar surface area (TPSA) is 8.81 Å². The predicted molar refractivity (Wildman–Crippen MR) is 134 cm³/mol. The Morgan fingerprint density at radius 2 is 1.41 bits per heavy atom. The first kappa shape index (κ1) is 20.3. The fourth-order valence-corrected chi connectivity index (χ4v) is 4.55. The standard InChI is InChI=1S/C30H29N2/c1-21(2)24-17-18-28-29(20-24)31(4)30(32(28)26-13-9-6-10-14-26)27-19-25(16-15-22(27)3)23-11-7-5-8-12-23/h5-21H,1-4H3/q+1. The lowest BCUT2D eigenvalue weighted by Crippen LogP contribution is -2.30. The first-order chi connectivity index (χ1) is 15.5. The monoisotopic (exact) mass is 417 g/mol. The Kier molecular flexibility index (Phi) is 5.14. The number of benzene rings is 4. The van der Waals surface area contributed by atoms with Gasteiger partial charge in [-0.3, -0.25) is 0 Å². The van der Waals surface area contributed by atoms with Crippen molar-refractivity contribution < 1.29 is 4.57 Å². The van der Waals surface area contributed by atoms with Crippen LogP contribution in [0.25, 0.3) is 39.2 Å². The highest BCUT2D eigenvalue weighted by Crippen LogP contribution is 2.33. The van der Waals surface area contributed by atoms with Crippen molar-refractivity contribution in [1.82, 2.24) is 4.57 Å². The van der Waals surface area contributed by atoms with Gasteiger partial charge in [0.25, 0.3) is 5.82 Å². The van der Waals surface area contributed by atoms with Gasteiger partial charge in [-0.25, -0.2) is 4.57 Å². The number of nitrogens with zero attached hydrogens (tertiary/aromatic N) is 2. The van der Waals surface area contributed by atoms with Gasteiger partial charge >= 0.3 is 0 Å². The maximum atomic E-state index is 2.40. The average Bonchev–Trinajstić information content (AvgIpc) is 3.12. The summed E-state index contributed by atoms with van der Waals surface area (Å²) in [4.78, 5) is 0. The van der Waals surface area contributed by atoms with Crippen molar-refractivity contribution in [3.8, 4) is 28.2 Å². The Morgan fingerprint density at radius 3 is 2.09 bits per heavy atom. The number of fused-ring (bicyclic) bond motifs is 1. The van der Waals surface area contributed by atoms with Gasteiger partial charge in [0.05, 0.1) is 12.6 Å². The molecule has 1 aromatic heterocycles. The van der Waals surface area contributed by atoms with Gasteiger partial charge in [-0.15, -0.1) is 0 Å². The molecule has 1 heterocycles. The second-order valence-corrected chi connectivity index (χ2v) is 8.85. The number of hydrogen-bond donors (Lipinski definition) is 0. The van der Waals surface area contributed by atoms with Crippen molar-refractivity contribution >= 4 is 11.0 Å². The van der Waals surface area contributed by atoms with Crippen LogP contribution in [0.1, 0.15) is 30.9 Å². The van der Waals surface area contributed by atoms with Crippen LogP contribution < -0.4 is 4.57 Å². The van der Waals surface area contributed by atoms with Crippen molar-refractivity contribution in [2.24, 2.45) is 7.05 Å². The van der Waals surface area contributed by atoms with E-state index in [1.165, 1.54) is 50.4 Å². The number of aryl methyl sites for hydroxylation is 2.